The van der Waals surface area contributed by atoms with Crippen LogP contribution >= 0.6 is 11.3 Å². The third-order valence-corrected chi connectivity index (χ3v) is 7.27. The average molecular weight is 393 g/mol. The van der Waals surface area contributed by atoms with Crippen LogP contribution < -0.4 is 4.90 Å². The molecule has 0 saturated carbocycles. The number of thiophene rings is 1. The molecule has 3 aromatic rings. The summed E-state index contributed by atoms with van der Waals surface area (Å²) in [5.74, 6) is 1.50. The Kier molecular flexibility index (Phi) is 4.41. The van der Waals surface area contributed by atoms with Gasteiger partial charge in [-0.25, -0.2) is 18.4 Å². The second kappa shape index (κ2) is 6.60. The smallest absolute Gasteiger partial charge is 0.220 e. The summed E-state index contributed by atoms with van der Waals surface area (Å²) in [5, 5.41) is 6.85. The van der Waals surface area contributed by atoms with Gasteiger partial charge in [0.15, 0.2) is 0 Å². The highest BCUT2D eigenvalue weighted by molar-refractivity contribution is 7.88. The van der Waals surface area contributed by atoms with Gasteiger partial charge in [0.05, 0.1) is 11.1 Å². The van der Waals surface area contributed by atoms with Crippen LogP contribution in [0.4, 0.5) is 5.82 Å². The van der Waals surface area contributed by atoms with Gasteiger partial charge in [-0.15, -0.1) is 11.3 Å². The van der Waals surface area contributed by atoms with E-state index in [0.29, 0.717) is 31.9 Å². The number of fused-ring (bicyclic) bond motifs is 1. The summed E-state index contributed by atoms with van der Waals surface area (Å²) < 4.78 is 31.4. The molecule has 4 heterocycles. The van der Waals surface area contributed by atoms with Gasteiger partial charge in [-0.2, -0.15) is 4.31 Å². The molecule has 0 aromatic carbocycles. The Morgan fingerprint density at radius 2 is 1.96 bits per heavy atom. The van der Waals surface area contributed by atoms with Crippen molar-refractivity contribution in [2.24, 2.45) is 0 Å². The lowest BCUT2D eigenvalue weighted by Crippen LogP contribution is -2.49. The van der Waals surface area contributed by atoms with Gasteiger partial charge in [-0.1, -0.05) is 5.16 Å². The Morgan fingerprint density at radius 1 is 1.19 bits per heavy atom. The molecule has 8 nitrogen and oxygen atoms in total. The maximum absolute atomic E-state index is 12.6. The number of aryl methyl sites for hydroxylation is 2. The first-order chi connectivity index (χ1) is 12.4. The molecule has 0 atom stereocenters. The number of hydrogen-bond donors (Lipinski definition) is 0. The number of nitrogens with zero attached hydrogens (tertiary/aromatic N) is 5. The van der Waals surface area contributed by atoms with Gasteiger partial charge in [0, 0.05) is 32.2 Å². The topological polar surface area (TPSA) is 92.4 Å². The largest absolute Gasteiger partial charge is 0.364 e. The molecule has 4 rings (SSSR count). The Labute approximate surface area is 155 Å². The summed E-state index contributed by atoms with van der Waals surface area (Å²) in [7, 11) is -3.41. The Balaban J connectivity index is 1.53. The standard InChI is InChI=1S/C16H19N5O3S2/c1-11-9-25-16-14(11)15(17-12(2)18-16)20-4-6-21(7-5-20)26(22,23)10-13-3-8-24-19-13/h3,8-9H,4-7,10H2,1-2H3. The zero-order chi connectivity index (χ0) is 18.3. The molecule has 0 spiro atoms. The molecule has 0 bridgehead atoms. The maximum atomic E-state index is 12.6. The van der Waals surface area contributed by atoms with Crippen molar-refractivity contribution in [3.05, 3.63) is 34.8 Å². The van der Waals surface area contributed by atoms with Crippen LogP contribution in [0.5, 0.6) is 0 Å². The van der Waals surface area contributed by atoms with Gasteiger partial charge in [-0.3, -0.25) is 0 Å². The monoisotopic (exact) mass is 393 g/mol. The molecule has 1 aliphatic heterocycles. The van der Waals surface area contributed by atoms with Crippen molar-refractivity contribution in [2.45, 2.75) is 19.6 Å². The predicted molar refractivity (Wildman–Crippen MR) is 99.8 cm³/mol. The van der Waals surface area contributed by atoms with Crippen molar-refractivity contribution in [3.63, 3.8) is 0 Å². The van der Waals surface area contributed by atoms with E-state index in [2.05, 4.69) is 32.3 Å². The third-order valence-electron chi connectivity index (χ3n) is 4.46. The third kappa shape index (κ3) is 3.19. The molecule has 0 unspecified atom stereocenters. The van der Waals surface area contributed by atoms with Crippen molar-refractivity contribution in [1.29, 1.82) is 0 Å². The van der Waals surface area contributed by atoms with Crippen molar-refractivity contribution < 1.29 is 12.9 Å². The fraction of sp³-hybridized carbons (Fsp3) is 0.438. The maximum Gasteiger partial charge on any atom is 0.220 e. The molecule has 26 heavy (non-hydrogen) atoms. The lowest BCUT2D eigenvalue weighted by molar-refractivity contribution is 0.381. The molecule has 1 aliphatic rings. The number of rotatable bonds is 4. The molecule has 1 fully saturated rings. The number of hydrogen-bond acceptors (Lipinski definition) is 8. The van der Waals surface area contributed by atoms with Gasteiger partial charge in [0.25, 0.3) is 0 Å². The molecule has 138 valence electrons. The molecule has 3 aromatic heterocycles. The molecular formula is C16H19N5O3S2. The SMILES string of the molecule is Cc1nc(N2CCN(S(=O)(=O)Cc3ccon3)CC2)c2c(C)csc2n1. The summed E-state index contributed by atoms with van der Waals surface area (Å²) in [6, 6.07) is 1.58. The highest BCUT2D eigenvalue weighted by Crippen LogP contribution is 2.32. The molecule has 0 amide bonds. The molecule has 0 N–H and O–H groups in total. The van der Waals surface area contributed by atoms with Crippen LogP contribution in [0.1, 0.15) is 17.1 Å². The van der Waals surface area contributed by atoms with Gasteiger partial charge in [0.2, 0.25) is 10.0 Å². The Morgan fingerprint density at radius 3 is 2.65 bits per heavy atom. The second-order valence-corrected chi connectivity index (χ2v) is 9.15. The molecule has 0 aliphatic carbocycles. The zero-order valence-electron chi connectivity index (χ0n) is 14.5. The summed E-state index contributed by atoms with van der Waals surface area (Å²) in [5.41, 5.74) is 1.58. The zero-order valence-corrected chi connectivity index (χ0v) is 16.2. The van der Waals surface area contributed by atoms with E-state index in [-0.39, 0.29) is 5.75 Å². The molecule has 10 heteroatoms. The number of sulfonamides is 1. The minimum atomic E-state index is -3.41. The van der Waals surface area contributed by atoms with Crippen LogP contribution in [0.3, 0.4) is 0 Å². The quantitative estimate of drug-likeness (QED) is 0.669. The van der Waals surface area contributed by atoms with E-state index in [4.69, 9.17) is 4.52 Å². The second-order valence-electron chi connectivity index (χ2n) is 6.33. The molecule has 0 radical (unpaired) electrons. The average Bonchev–Trinajstić information content (AvgIpc) is 3.24. The van der Waals surface area contributed by atoms with Crippen LogP contribution in [0.25, 0.3) is 10.2 Å². The number of piperazine rings is 1. The highest BCUT2D eigenvalue weighted by atomic mass is 32.2. The predicted octanol–water partition coefficient (Wildman–Crippen LogP) is 1.95. The first-order valence-corrected chi connectivity index (χ1v) is 10.8. The first-order valence-electron chi connectivity index (χ1n) is 8.28. The number of aromatic nitrogens is 3. The van der Waals surface area contributed by atoms with E-state index in [0.717, 1.165) is 27.4 Å². The molecule has 1 saturated heterocycles. The Bertz CT molecular complexity index is 1020. The summed E-state index contributed by atoms with van der Waals surface area (Å²) >= 11 is 1.61. The lowest BCUT2D eigenvalue weighted by atomic mass is 10.2. The minimum absolute atomic E-state index is 0.135. The van der Waals surface area contributed by atoms with E-state index < -0.39 is 10.0 Å². The van der Waals surface area contributed by atoms with Crippen molar-refractivity contribution in [2.75, 3.05) is 31.1 Å². The van der Waals surface area contributed by atoms with Crippen LogP contribution in [0.15, 0.2) is 22.2 Å². The van der Waals surface area contributed by atoms with E-state index in [1.165, 1.54) is 10.6 Å². The lowest BCUT2D eigenvalue weighted by Gasteiger charge is -2.35. The summed E-state index contributed by atoms with van der Waals surface area (Å²) in [6.07, 6.45) is 1.38. The van der Waals surface area contributed by atoms with Gasteiger partial charge < -0.3 is 9.42 Å². The number of anilines is 1. The van der Waals surface area contributed by atoms with E-state index in [1.54, 1.807) is 17.4 Å². The van der Waals surface area contributed by atoms with Crippen LogP contribution in [0.2, 0.25) is 0 Å². The van der Waals surface area contributed by atoms with E-state index >= 15 is 0 Å². The van der Waals surface area contributed by atoms with Crippen LogP contribution in [-0.2, 0) is 15.8 Å². The summed E-state index contributed by atoms with van der Waals surface area (Å²) in [4.78, 5) is 12.3. The fourth-order valence-electron chi connectivity index (χ4n) is 3.16. The van der Waals surface area contributed by atoms with Crippen molar-refractivity contribution in [3.8, 4) is 0 Å². The van der Waals surface area contributed by atoms with E-state index in [9.17, 15) is 8.42 Å². The summed E-state index contributed by atoms with van der Waals surface area (Å²) in [6.45, 7) is 5.98. The van der Waals surface area contributed by atoms with Crippen LogP contribution in [-0.4, -0.2) is 54.0 Å². The fourth-order valence-corrected chi connectivity index (χ4v) is 5.55. The minimum Gasteiger partial charge on any atom is -0.364 e. The highest BCUT2D eigenvalue weighted by Gasteiger charge is 2.29. The van der Waals surface area contributed by atoms with Gasteiger partial charge in [0.1, 0.15) is 28.5 Å². The van der Waals surface area contributed by atoms with Crippen molar-refractivity contribution in [1.82, 2.24) is 19.4 Å². The van der Waals surface area contributed by atoms with Gasteiger partial charge >= 0.3 is 0 Å². The Hall–Kier alpha value is -2.04. The van der Waals surface area contributed by atoms with Gasteiger partial charge in [-0.05, 0) is 24.8 Å². The normalized spacial score (nSPS) is 16.5. The van der Waals surface area contributed by atoms with Crippen LogP contribution in [0, 0.1) is 13.8 Å². The van der Waals surface area contributed by atoms with Crippen molar-refractivity contribution >= 4 is 37.4 Å². The first kappa shape index (κ1) is 17.4. The molecular weight excluding hydrogens is 374 g/mol. The van der Waals surface area contributed by atoms with E-state index in [1.807, 2.05) is 6.92 Å².